The fourth-order valence-corrected chi connectivity index (χ4v) is 2.20. The lowest BCUT2D eigenvalue weighted by molar-refractivity contribution is -0.176. The smallest absolute Gasteiger partial charge is 0.361 e. The van der Waals surface area contributed by atoms with Gasteiger partial charge in [0.15, 0.2) is 0 Å². The Kier molecular flexibility index (Phi) is 3.88. The maximum atomic E-state index is 12.7. The van der Waals surface area contributed by atoms with Gasteiger partial charge in [0.2, 0.25) is 10.0 Å². The van der Waals surface area contributed by atoms with Gasteiger partial charge in [0, 0.05) is 6.20 Å². The molecule has 0 aromatic heterocycles. The molecule has 0 spiro atoms. The Labute approximate surface area is 97.6 Å². The number of hydrogen-bond donors (Lipinski definition) is 1. The van der Waals surface area contributed by atoms with E-state index >= 15 is 0 Å². The van der Waals surface area contributed by atoms with E-state index in [-0.39, 0.29) is 17.9 Å². The van der Waals surface area contributed by atoms with Gasteiger partial charge in [-0.1, -0.05) is 6.92 Å². The van der Waals surface area contributed by atoms with Crippen LogP contribution in [-0.4, -0.2) is 32.1 Å². The number of nitrogens with two attached hydrogens (primary N) is 1. The van der Waals surface area contributed by atoms with E-state index in [0.29, 0.717) is 0 Å². The van der Waals surface area contributed by atoms with Crippen LogP contribution < -0.4 is 5.14 Å². The Morgan fingerprint density at radius 2 is 2.12 bits per heavy atom. The van der Waals surface area contributed by atoms with Crippen molar-refractivity contribution in [3.63, 3.8) is 0 Å². The van der Waals surface area contributed by atoms with E-state index in [4.69, 9.17) is 5.14 Å². The molecule has 0 aromatic rings. The molecular weight excluding hydrogens is 257 g/mol. The van der Waals surface area contributed by atoms with Crippen LogP contribution in [0.5, 0.6) is 0 Å². The van der Waals surface area contributed by atoms with Gasteiger partial charge < -0.3 is 4.90 Å². The van der Waals surface area contributed by atoms with Crippen LogP contribution in [0.4, 0.5) is 13.2 Å². The number of alkyl halides is 3. The fourth-order valence-electron chi connectivity index (χ4n) is 1.60. The first-order valence-corrected chi connectivity index (χ1v) is 6.43. The second-order valence-corrected chi connectivity index (χ2v) is 5.27. The molecule has 0 radical (unpaired) electrons. The van der Waals surface area contributed by atoms with Crippen molar-refractivity contribution in [2.24, 2.45) is 5.14 Å². The van der Waals surface area contributed by atoms with Crippen LogP contribution in [-0.2, 0) is 10.0 Å². The zero-order valence-corrected chi connectivity index (χ0v) is 9.92. The molecule has 0 amide bonds. The second kappa shape index (κ2) is 4.69. The standard InChI is InChI=1S/C9H13F3N2O2S/c1-2-8(9(10,11)12)14-5-3-4-7(6-14)17(13,15)16/h3-5,8H,2,6H2,1H3,(H2,13,15,16). The molecule has 0 saturated carbocycles. The van der Waals surface area contributed by atoms with E-state index in [0.717, 1.165) is 4.90 Å². The van der Waals surface area contributed by atoms with E-state index in [2.05, 4.69) is 0 Å². The molecule has 4 nitrogen and oxygen atoms in total. The van der Waals surface area contributed by atoms with E-state index in [1.54, 1.807) is 0 Å². The molecule has 0 saturated heterocycles. The van der Waals surface area contributed by atoms with Gasteiger partial charge in [-0.15, -0.1) is 0 Å². The van der Waals surface area contributed by atoms with Gasteiger partial charge in [-0.05, 0) is 18.6 Å². The number of rotatable bonds is 3. The minimum atomic E-state index is -4.40. The average molecular weight is 270 g/mol. The Bertz CT molecular complexity index is 440. The molecule has 98 valence electrons. The topological polar surface area (TPSA) is 63.4 Å². The summed E-state index contributed by atoms with van der Waals surface area (Å²) in [6.07, 6.45) is -0.894. The number of sulfonamides is 1. The first-order chi connectivity index (χ1) is 7.66. The zero-order valence-electron chi connectivity index (χ0n) is 9.11. The second-order valence-electron chi connectivity index (χ2n) is 3.66. The molecule has 17 heavy (non-hydrogen) atoms. The van der Waals surface area contributed by atoms with Gasteiger partial charge in [0.25, 0.3) is 0 Å². The molecule has 1 heterocycles. The molecule has 1 atom stereocenters. The van der Waals surface area contributed by atoms with Crippen molar-refractivity contribution >= 4 is 10.0 Å². The van der Waals surface area contributed by atoms with Gasteiger partial charge in [-0.25, -0.2) is 13.6 Å². The van der Waals surface area contributed by atoms with Crippen molar-refractivity contribution < 1.29 is 21.6 Å². The maximum absolute atomic E-state index is 12.7. The Morgan fingerprint density at radius 3 is 2.53 bits per heavy atom. The molecule has 1 aliphatic rings. The summed E-state index contributed by atoms with van der Waals surface area (Å²) in [5, 5.41) is 4.89. The van der Waals surface area contributed by atoms with Crippen LogP contribution >= 0.6 is 0 Å². The first-order valence-electron chi connectivity index (χ1n) is 4.89. The molecule has 2 N–H and O–H groups in total. The Morgan fingerprint density at radius 1 is 1.53 bits per heavy atom. The van der Waals surface area contributed by atoms with Crippen molar-refractivity contribution in [1.82, 2.24) is 4.90 Å². The van der Waals surface area contributed by atoms with E-state index in [1.807, 2.05) is 0 Å². The summed E-state index contributed by atoms with van der Waals surface area (Å²) in [6.45, 7) is 1.04. The fraction of sp³-hybridized carbons (Fsp3) is 0.556. The van der Waals surface area contributed by atoms with Gasteiger partial charge in [0.1, 0.15) is 6.04 Å². The molecule has 1 unspecified atom stereocenters. The predicted octanol–water partition coefficient (Wildman–Crippen LogP) is 1.33. The summed E-state index contributed by atoms with van der Waals surface area (Å²) in [5.74, 6) is 0. The number of halogens is 3. The van der Waals surface area contributed by atoms with E-state index in [1.165, 1.54) is 25.3 Å². The third-order valence-electron chi connectivity index (χ3n) is 2.43. The minimum Gasteiger partial charge on any atom is -0.361 e. The number of allylic oxidation sites excluding steroid dienone is 2. The highest BCUT2D eigenvalue weighted by molar-refractivity contribution is 7.93. The van der Waals surface area contributed by atoms with E-state index < -0.39 is 22.2 Å². The lowest BCUT2D eigenvalue weighted by Gasteiger charge is -2.33. The van der Waals surface area contributed by atoms with Crippen LogP contribution in [0.2, 0.25) is 0 Å². The summed E-state index contributed by atoms with van der Waals surface area (Å²) in [6, 6.07) is -1.70. The summed E-state index contributed by atoms with van der Waals surface area (Å²) in [5.41, 5.74) is 0. The van der Waals surface area contributed by atoms with Crippen LogP contribution in [0.1, 0.15) is 13.3 Å². The highest BCUT2D eigenvalue weighted by Crippen LogP contribution is 2.29. The molecule has 0 fully saturated rings. The molecule has 0 aromatic carbocycles. The molecular formula is C9H13F3N2O2S. The molecule has 0 bridgehead atoms. The highest BCUT2D eigenvalue weighted by Gasteiger charge is 2.42. The van der Waals surface area contributed by atoms with Crippen LogP contribution in [0, 0.1) is 0 Å². The SMILES string of the molecule is CCC(N1C=CC=C(S(N)(=O)=O)C1)C(F)(F)F. The van der Waals surface area contributed by atoms with Gasteiger partial charge in [-0.2, -0.15) is 13.2 Å². The molecule has 1 aliphatic heterocycles. The minimum absolute atomic E-state index is 0.161. The van der Waals surface area contributed by atoms with Gasteiger partial charge >= 0.3 is 6.18 Å². The third-order valence-corrected chi connectivity index (χ3v) is 3.42. The van der Waals surface area contributed by atoms with Crippen LogP contribution in [0.15, 0.2) is 23.3 Å². The largest absolute Gasteiger partial charge is 0.408 e. The van der Waals surface area contributed by atoms with Crippen LogP contribution in [0.25, 0.3) is 0 Å². The van der Waals surface area contributed by atoms with Gasteiger partial charge in [0.05, 0.1) is 11.4 Å². The summed E-state index contributed by atoms with van der Waals surface area (Å²) >= 11 is 0. The van der Waals surface area contributed by atoms with Crippen molar-refractivity contribution in [2.45, 2.75) is 25.6 Å². The average Bonchev–Trinajstić information content (AvgIpc) is 2.15. The van der Waals surface area contributed by atoms with Crippen molar-refractivity contribution in [1.29, 1.82) is 0 Å². The van der Waals surface area contributed by atoms with E-state index in [9.17, 15) is 21.6 Å². The highest BCUT2D eigenvalue weighted by atomic mass is 32.2. The summed E-state index contributed by atoms with van der Waals surface area (Å²) < 4.78 is 60.1. The molecule has 8 heteroatoms. The first kappa shape index (κ1) is 14.0. The quantitative estimate of drug-likeness (QED) is 0.841. The summed E-state index contributed by atoms with van der Waals surface area (Å²) in [4.78, 5) is 0.711. The van der Waals surface area contributed by atoms with Crippen LogP contribution in [0.3, 0.4) is 0 Å². The predicted molar refractivity (Wildman–Crippen MR) is 57.2 cm³/mol. The normalized spacial score (nSPS) is 19.1. The molecule has 1 rings (SSSR count). The third kappa shape index (κ3) is 3.47. The number of nitrogens with zero attached hydrogens (tertiary/aromatic N) is 1. The maximum Gasteiger partial charge on any atom is 0.408 e. The van der Waals surface area contributed by atoms with Crippen molar-refractivity contribution in [3.8, 4) is 0 Å². The zero-order chi connectivity index (χ0) is 13.3. The monoisotopic (exact) mass is 270 g/mol. The summed E-state index contributed by atoms with van der Waals surface area (Å²) in [7, 11) is -3.95. The lowest BCUT2D eigenvalue weighted by Crippen LogP contribution is -2.44. The van der Waals surface area contributed by atoms with Crippen molar-refractivity contribution in [2.75, 3.05) is 6.54 Å². The Balaban J connectivity index is 2.92. The molecule has 0 aliphatic carbocycles. The van der Waals surface area contributed by atoms with Gasteiger partial charge in [-0.3, -0.25) is 0 Å². The lowest BCUT2D eigenvalue weighted by atomic mass is 10.1. The number of primary sulfonamides is 1. The van der Waals surface area contributed by atoms with Crippen molar-refractivity contribution in [3.05, 3.63) is 23.3 Å². The number of hydrogen-bond acceptors (Lipinski definition) is 3. The Hall–Kier alpha value is -1.02.